The van der Waals surface area contributed by atoms with E-state index in [-0.39, 0.29) is 1.43 Å². The molecule has 1 rings (SSSR count). The van der Waals surface area contributed by atoms with Crippen LogP contribution < -0.4 is 0 Å². The Kier molecular flexibility index (Phi) is 1.73. The fourth-order valence-electron chi connectivity index (χ4n) is 1.07. The van der Waals surface area contributed by atoms with Crippen LogP contribution in [-0.4, -0.2) is 14.9 Å². The third kappa shape index (κ3) is 1.60. The Balaban J connectivity index is 0.000000640. The molecular weight excluding hydrogens is 116 g/mol. The summed E-state index contributed by atoms with van der Waals surface area (Å²) < 4.78 is 5.60. The Morgan fingerprint density at radius 2 is 2.12 bits per heavy atom. The van der Waals surface area contributed by atoms with E-state index < -0.39 is 8.32 Å². The van der Waals surface area contributed by atoms with Gasteiger partial charge in [-0.15, -0.1) is 0 Å². The van der Waals surface area contributed by atoms with Crippen molar-refractivity contribution in [3.63, 3.8) is 0 Å². The molecule has 0 bridgehead atoms. The maximum atomic E-state index is 5.60. The lowest BCUT2D eigenvalue weighted by Gasteiger charge is -2.27. The van der Waals surface area contributed by atoms with Crippen molar-refractivity contribution in [3.05, 3.63) is 0 Å². The van der Waals surface area contributed by atoms with Crippen molar-refractivity contribution in [2.24, 2.45) is 0 Å². The lowest BCUT2D eigenvalue weighted by molar-refractivity contribution is 0.275. The van der Waals surface area contributed by atoms with Gasteiger partial charge in [-0.1, -0.05) is 6.42 Å². The van der Waals surface area contributed by atoms with Crippen molar-refractivity contribution in [1.82, 2.24) is 0 Å². The molecule has 0 radical (unpaired) electrons. The summed E-state index contributed by atoms with van der Waals surface area (Å²) in [4.78, 5) is 0. The average Bonchev–Trinajstić information content (AvgIpc) is 1.65. The van der Waals surface area contributed by atoms with Crippen LogP contribution in [0.3, 0.4) is 0 Å². The van der Waals surface area contributed by atoms with Crippen LogP contribution in [0.5, 0.6) is 0 Å². The van der Waals surface area contributed by atoms with Gasteiger partial charge < -0.3 is 4.43 Å². The van der Waals surface area contributed by atoms with Crippen molar-refractivity contribution in [1.29, 1.82) is 0 Å². The highest BCUT2D eigenvalue weighted by Crippen LogP contribution is 2.20. The summed E-state index contributed by atoms with van der Waals surface area (Å²) in [6.07, 6.45) is 2.69. The molecule has 0 atom stereocenters. The van der Waals surface area contributed by atoms with Crippen LogP contribution in [-0.2, 0) is 4.43 Å². The van der Waals surface area contributed by atoms with Crippen molar-refractivity contribution in [2.75, 3.05) is 6.61 Å². The molecule has 0 aliphatic carbocycles. The second kappa shape index (κ2) is 2.19. The van der Waals surface area contributed by atoms with Crippen LogP contribution in [0.4, 0.5) is 0 Å². The number of rotatable bonds is 0. The Morgan fingerprint density at radius 1 is 1.38 bits per heavy atom. The fourth-order valence-corrected chi connectivity index (χ4v) is 3.02. The number of hydrogen-bond acceptors (Lipinski definition) is 1. The van der Waals surface area contributed by atoms with E-state index >= 15 is 0 Å². The van der Waals surface area contributed by atoms with Gasteiger partial charge in [-0.25, -0.2) is 0 Å². The third-order valence-corrected chi connectivity index (χ3v) is 4.21. The van der Waals surface area contributed by atoms with Gasteiger partial charge in [0, 0.05) is 6.61 Å². The molecule has 1 aliphatic rings. The van der Waals surface area contributed by atoms with E-state index in [2.05, 4.69) is 13.1 Å². The van der Waals surface area contributed by atoms with Crippen LogP contribution in [0.2, 0.25) is 19.1 Å². The fraction of sp³-hybridized carbons (Fsp3) is 1.00. The first-order valence-electron chi connectivity index (χ1n) is 3.35. The summed E-state index contributed by atoms with van der Waals surface area (Å²) in [5, 5.41) is 0. The standard InChI is InChI=1S/C6H14OSi/c1-8(2)6-4-3-5-7-8/h3-6H2,1-2H3/p+1. The zero-order valence-corrected chi connectivity index (χ0v) is 6.74. The summed E-state index contributed by atoms with van der Waals surface area (Å²) >= 11 is 0. The molecule has 0 spiro atoms. The Labute approximate surface area is 53.7 Å². The van der Waals surface area contributed by atoms with Crippen LogP contribution in [0.25, 0.3) is 0 Å². The lowest BCUT2D eigenvalue weighted by Crippen LogP contribution is -2.33. The highest BCUT2D eigenvalue weighted by molar-refractivity contribution is 6.71. The maximum Gasteiger partial charge on any atom is 1.00 e. The quantitative estimate of drug-likeness (QED) is 0.457. The molecule has 1 nitrogen and oxygen atoms in total. The molecule has 48 valence electrons. The predicted molar refractivity (Wildman–Crippen MR) is 38.6 cm³/mol. The zero-order valence-electron chi connectivity index (χ0n) is 6.74. The van der Waals surface area contributed by atoms with Gasteiger partial charge in [0.1, 0.15) is 0 Å². The van der Waals surface area contributed by atoms with E-state index in [4.69, 9.17) is 4.43 Å². The maximum absolute atomic E-state index is 5.60. The minimum atomic E-state index is -1.09. The molecule has 0 aromatic carbocycles. The molecule has 1 aliphatic heterocycles. The molecule has 0 aromatic heterocycles. The number of hydrogen-bond donors (Lipinski definition) is 0. The summed E-state index contributed by atoms with van der Waals surface area (Å²) in [6.45, 7) is 5.62. The smallest absolute Gasteiger partial charge is 0.417 e. The Bertz CT molecular complexity index is 77.1. The molecule has 0 saturated carbocycles. The van der Waals surface area contributed by atoms with E-state index in [1.165, 1.54) is 18.9 Å². The molecule has 0 N–H and O–H groups in total. The Hall–Kier alpha value is 0.177. The highest BCUT2D eigenvalue weighted by Gasteiger charge is 2.24. The first-order valence-corrected chi connectivity index (χ1v) is 6.46. The normalized spacial score (nSPS) is 27.8. The van der Waals surface area contributed by atoms with E-state index in [1.54, 1.807) is 0 Å². The van der Waals surface area contributed by atoms with Gasteiger partial charge >= 0.3 is 1.43 Å². The van der Waals surface area contributed by atoms with Gasteiger partial charge in [0.15, 0.2) is 8.32 Å². The zero-order chi connectivity index (χ0) is 6.04. The first-order chi connectivity index (χ1) is 3.71. The molecule has 0 aromatic rings. The van der Waals surface area contributed by atoms with Crippen molar-refractivity contribution < 1.29 is 5.85 Å². The van der Waals surface area contributed by atoms with Crippen molar-refractivity contribution in [2.45, 2.75) is 32.0 Å². The van der Waals surface area contributed by atoms with E-state index in [0.717, 1.165) is 6.61 Å². The monoisotopic (exact) mass is 131 g/mol. The Morgan fingerprint density at radius 3 is 2.38 bits per heavy atom. The van der Waals surface area contributed by atoms with Gasteiger partial charge in [-0.2, -0.15) is 0 Å². The average molecular weight is 131 g/mol. The van der Waals surface area contributed by atoms with Crippen molar-refractivity contribution >= 4 is 8.32 Å². The molecule has 2 heteroatoms. The van der Waals surface area contributed by atoms with Crippen molar-refractivity contribution in [3.8, 4) is 0 Å². The van der Waals surface area contributed by atoms with E-state index in [9.17, 15) is 0 Å². The van der Waals surface area contributed by atoms with Gasteiger partial charge in [-0.3, -0.25) is 0 Å². The second-order valence-electron chi connectivity index (χ2n) is 3.07. The van der Waals surface area contributed by atoms with Crippen LogP contribution in [0, 0.1) is 0 Å². The minimum Gasteiger partial charge on any atom is -0.417 e. The van der Waals surface area contributed by atoms with Gasteiger partial charge in [0.05, 0.1) is 0 Å². The summed E-state index contributed by atoms with van der Waals surface area (Å²) in [5.41, 5.74) is 0. The molecule has 1 fully saturated rings. The largest absolute Gasteiger partial charge is 1.00 e. The molecule has 0 unspecified atom stereocenters. The molecule has 1 saturated heterocycles. The molecular formula is C6H15OSi+. The van der Waals surface area contributed by atoms with Crippen LogP contribution >= 0.6 is 0 Å². The van der Waals surface area contributed by atoms with Crippen LogP contribution in [0.15, 0.2) is 0 Å². The molecule has 1 heterocycles. The van der Waals surface area contributed by atoms with E-state index in [0.29, 0.717) is 0 Å². The lowest BCUT2D eigenvalue weighted by atomic mass is 10.4. The summed E-state index contributed by atoms with van der Waals surface area (Å²) in [6, 6.07) is 1.37. The van der Waals surface area contributed by atoms with Gasteiger partial charge in [0.25, 0.3) is 0 Å². The molecule has 0 amide bonds. The van der Waals surface area contributed by atoms with Gasteiger partial charge in [-0.05, 0) is 25.6 Å². The van der Waals surface area contributed by atoms with Gasteiger partial charge in [0.2, 0.25) is 0 Å². The van der Waals surface area contributed by atoms with E-state index in [1.807, 2.05) is 0 Å². The second-order valence-corrected chi connectivity index (χ2v) is 7.37. The first kappa shape index (κ1) is 6.30. The summed E-state index contributed by atoms with van der Waals surface area (Å²) in [7, 11) is -1.09. The SMILES string of the molecule is C[Si]1(C)CCCCO1.[H+]. The third-order valence-electron chi connectivity index (χ3n) is 1.67. The molecule has 8 heavy (non-hydrogen) atoms. The topological polar surface area (TPSA) is 9.23 Å². The summed E-state index contributed by atoms with van der Waals surface area (Å²) in [5.74, 6) is 0. The minimum absolute atomic E-state index is 0. The van der Waals surface area contributed by atoms with Crippen LogP contribution in [0.1, 0.15) is 14.3 Å². The highest BCUT2D eigenvalue weighted by atomic mass is 28.4. The predicted octanol–water partition coefficient (Wildman–Crippen LogP) is 2.11.